The van der Waals surface area contributed by atoms with Gasteiger partial charge in [0.1, 0.15) is 17.5 Å². The molecule has 0 saturated heterocycles. The molecule has 35 heavy (non-hydrogen) atoms. The normalized spacial score (nSPS) is 11.2. The van der Waals surface area contributed by atoms with Gasteiger partial charge in [-0.3, -0.25) is 0 Å². The molecule has 0 bridgehead atoms. The molecule has 168 valence electrons. The average molecular weight is 455 g/mol. The summed E-state index contributed by atoms with van der Waals surface area (Å²) in [5, 5.41) is 4.51. The first-order valence-corrected chi connectivity index (χ1v) is 11.2. The number of anilines is 3. The molecule has 0 fully saturated rings. The van der Waals surface area contributed by atoms with Crippen molar-refractivity contribution in [2.24, 2.45) is 0 Å². The first kappa shape index (κ1) is 20.6. The summed E-state index contributed by atoms with van der Waals surface area (Å²) in [6.07, 6.45) is 5.43. The van der Waals surface area contributed by atoms with Gasteiger partial charge in [-0.2, -0.15) is 0 Å². The molecule has 6 rings (SSSR count). The molecule has 0 radical (unpaired) electrons. The van der Waals surface area contributed by atoms with Crippen molar-refractivity contribution >= 4 is 39.0 Å². The fourth-order valence-electron chi connectivity index (χ4n) is 4.50. The molecule has 6 aromatic rings. The number of pyridine rings is 3. The maximum atomic E-state index is 5.89. The topological polar surface area (TPSA) is 117 Å². The fourth-order valence-corrected chi connectivity index (χ4v) is 4.50. The number of nitrogens with two attached hydrogens (primary N) is 3. The molecule has 0 atom stereocenters. The Labute approximate surface area is 202 Å². The van der Waals surface area contributed by atoms with E-state index in [-0.39, 0.29) is 0 Å². The highest BCUT2D eigenvalue weighted by atomic mass is 14.8. The number of hydrogen-bond donors (Lipinski definition) is 3. The van der Waals surface area contributed by atoms with Gasteiger partial charge in [-0.05, 0) is 92.8 Å². The molecule has 0 unspecified atom stereocenters. The van der Waals surface area contributed by atoms with Crippen LogP contribution < -0.4 is 17.2 Å². The first-order chi connectivity index (χ1) is 17.0. The van der Waals surface area contributed by atoms with E-state index >= 15 is 0 Å². The third-order valence-electron chi connectivity index (χ3n) is 6.27. The van der Waals surface area contributed by atoms with E-state index in [4.69, 9.17) is 17.2 Å². The van der Waals surface area contributed by atoms with Crippen molar-refractivity contribution in [3.05, 3.63) is 97.5 Å². The summed E-state index contributed by atoms with van der Waals surface area (Å²) in [4.78, 5) is 12.9. The number of fused-ring (bicyclic) bond motifs is 2. The predicted molar refractivity (Wildman–Crippen MR) is 144 cm³/mol. The lowest BCUT2D eigenvalue weighted by atomic mass is 9.89. The van der Waals surface area contributed by atoms with E-state index in [1.54, 1.807) is 12.4 Å². The molecule has 0 aliphatic heterocycles. The number of benzene rings is 3. The Morgan fingerprint density at radius 1 is 0.400 bits per heavy atom. The summed E-state index contributed by atoms with van der Waals surface area (Å²) < 4.78 is 0. The van der Waals surface area contributed by atoms with Crippen LogP contribution in [0.25, 0.3) is 54.9 Å². The van der Waals surface area contributed by atoms with Crippen molar-refractivity contribution in [1.29, 1.82) is 0 Å². The van der Waals surface area contributed by atoms with Crippen molar-refractivity contribution in [1.82, 2.24) is 15.0 Å². The van der Waals surface area contributed by atoms with Gasteiger partial charge >= 0.3 is 0 Å². The van der Waals surface area contributed by atoms with E-state index in [0.717, 1.165) is 54.9 Å². The summed E-state index contributed by atoms with van der Waals surface area (Å²) in [6.45, 7) is 0. The summed E-state index contributed by atoms with van der Waals surface area (Å²) in [5.41, 5.74) is 23.7. The molecular formula is C29H22N6. The zero-order chi connectivity index (χ0) is 23.9. The summed E-state index contributed by atoms with van der Waals surface area (Å²) in [5.74, 6) is 1.50. The number of aromatic nitrogens is 3. The van der Waals surface area contributed by atoms with Gasteiger partial charge in [0.2, 0.25) is 0 Å². The van der Waals surface area contributed by atoms with E-state index < -0.39 is 0 Å². The maximum absolute atomic E-state index is 5.89. The van der Waals surface area contributed by atoms with Crippen LogP contribution >= 0.6 is 0 Å². The Kier molecular flexibility index (Phi) is 4.78. The lowest BCUT2D eigenvalue weighted by molar-refractivity contribution is 1.34. The van der Waals surface area contributed by atoms with Crippen molar-refractivity contribution in [3.63, 3.8) is 0 Å². The largest absolute Gasteiger partial charge is 0.384 e. The van der Waals surface area contributed by atoms with E-state index in [1.807, 2.05) is 42.6 Å². The summed E-state index contributed by atoms with van der Waals surface area (Å²) >= 11 is 0. The van der Waals surface area contributed by atoms with Gasteiger partial charge in [0.05, 0.1) is 0 Å². The molecule has 0 aliphatic carbocycles. The third-order valence-corrected chi connectivity index (χ3v) is 6.27. The number of nitrogen functional groups attached to an aromatic ring is 3. The van der Waals surface area contributed by atoms with Crippen molar-refractivity contribution in [3.8, 4) is 33.4 Å². The van der Waals surface area contributed by atoms with Gasteiger partial charge in [0.25, 0.3) is 0 Å². The lowest BCUT2D eigenvalue weighted by Gasteiger charge is -2.15. The van der Waals surface area contributed by atoms with Crippen LogP contribution in [-0.4, -0.2) is 15.0 Å². The highest BCUT2D eigenvalue weighted by Gasteiger charge is 2.13. The quantitative estimate of drug-likeness (QED) is 0.286. The highest BCUT2D eigenvalue weighted by molar-refractivity contribution is 6.14. The fraction of sp³-hybridized carbons (Fsp3) is 0. The molecule has 3 heterocycles. The minimum atomic E-state index is 0.491. The van der Waals surface area contributed by atoms with Gasteiger partial charge in [0, 0.05) is 35.3 Å². The van der Waals surface area contributed by atoms with Crippen molar-refractivity contribution < 1.29 is 0 Å². The molecule has 0 amide bonds. The molecule has 0 saturated carbocycles. The summed E-state index contributed by atoms with van der Waals surface area (Å²) in [7, 11) is 0. The molecule has 3 aromatic carbocycles. The Hall–Kier alpha value is -4.97. The second kappa shape index (κ2) is 8.11. The molecule has 6 nitrogen and oxygen atoms in total. The lowest BCUT2D eigenvalue weighted by Crippen LogP contribution is -1.92. The molecular weight excluding hydrogens is 432 g/mol. The third kappa shape index (κ3) is 3.77. The number of hydrogen-bond acceptors (Lipinski definition) is 6. The smallest absolute Gasteiger partial charge is 0.123 e. The van der Waals surface area contributed by atoms with Crippen LogP contribution in [0, 0.1) is 0 Å². The van der Waals surface area contributed by atoms with Crippen LogP contribution in [0.15, 0.2) is 97.5 Å². The van der Waals surface area contributed by atoms with E-state index in [1.165, 1.54) is 0 Å². The Morgan fingerprint density at radius 3 is 1.49 bits per heavy atom. The van der Waals surface area contributed by atoms with Crippen molar-refractivity contribution in [2.45, 2.75) is 0 Å². The summed E-state index contributed by atoms with van der Waals surface area (Å²) in [6, 6.07) is 26.6. The molecule has 0 aliphatic rings. The van der Waals surface area contributed by atoms with Crippen LogP contribution in [0.3, 0.4) is 0 Å². The van der Waals surface area contributed by atoms with Gasteiger partial charge in [-0.15, -0.1) is 0 Å². The monoisotopic (exact) mass is 454 g/mol. The molecule has 6 heteroatoms. The van der Waals surface area contributed by atoms with Gasteiger partial charge < -0.3 is 17.2 Å². The van der Waals surface area contributed by atoms with Gasteiger partial charge in [-0.25, -0.2) is 15.0 Å². The highest BCUT2D eigenvalue weighted by Crippen LogP contribution is 2.39. The zero-order valence-corrected chi connectivity index (χ0v) is 18.8. The molecule has 0 spiro atoms. The van der Waals surface area contributed by atoms with Crippen molar-refractivity contribution in [2.75, 3.05) is 17.2 Å². The SMILES string of the molecule is Nc1ccc(-c2ccc3c(-c4ccc(N)nc4)c4cc(-c5ccc(N)nc5)ccc4cc3c2)cn1. The predicted octanol–water partition coefficient (Wildman–Crippen LogP) is 5.93. The van der Waals surface area contributed by atoms with E-state index in [2.05, 4.69) is 57.4 Å². The maximum Gasteiger partial charge on any atom is 0.123 e. The van der Waals surface area contributed by atoms with Crippen LogP contribution in [-0.2, 0) is 0 Å². The average Bonchev–Trinajstić information content (AvgIpc) is 2.88. The second-order valence-electron chi connectivity index (χ2n) is 8.54. The minimum absolute atomic E-state index is 0.491. The first-order valence-electron chi connectivity index (χ1n) is 11.2. The molecule has 3 aromatic heterocycles. The standard InChI is InChI=1S/C29H22N6/c30-26-8-4-20(14-33-26)17-3-7-24-23(11-17)12-19-2-1-18(21-5-9-27(31)34-15-21)13-25(19)29(24)22-6-10-28(32)35-16-22/h1-16H,(H2,30,33)(H2,31,34)(H2,32,35). The van der Waals surface area contributed by atoms with E-state index in [0.29, 0.717) is 17.5 Å². The van der Waals surface area contributed by atoms with Crippen LogP contribution in [0.5, 0.6) is 0 Å². The molecule has 6 N–H and O–H groups in total. The second-order valence-corrected chi connectivity index (χ2v) is 8.54. The number of rotatable bonds is 3. The Morgan fingerprint density at radius 2 is 0.914 bits per heavy atom. The minimum Gasteiger partial charge on any atom is -0.384 e. The Bertz CT molecular complexity index is 1690. The van der Waals surface area contributed by atoms with Crippen LogP contribution in [0.2, 0.25) is 0 Å². The van der Waals surface area contributed by atoms with Gasteiger partial charge in [-0.1, -0.05) is 24.3 Å². The van der Waals surface area contributed by atoms with Crippen LogP contribution in [0.1, 0.15) is 0 Å². The number of nitrogens with zero attached hydrogens (tertiary/aromatic N) is 3. The Balaban J connectivity index is 1.62. The van der Waals surface area contributed by atoms with Gasteiger partial charge in [0.15, 0.2) is 0 Å². The van der Waals surface area contributed by atoms with E-state index in [9.17, 15) is 0 Å². The van der Waals surface area contributed by atoms with Crippen LogP contribution in [0.4, 0.5) is 17.5 Å². The zero-order valence-electron chi connectivity index (χ0n) is 18.8.